The number of piperidine rings is 1. The highest BCUT2D eigenvalue weighted by atomic mass is 35.5. The number of carbonyl (C=O) groups is 1. The van der Waals surface area contributed by atoms with Crippen LogP contribution in [0.4, 0.5) is 0 Å². The van der Waals surface area contributed by atoms with Crippen molar-refractivity contribution in [2.24, 2.45) is 11.1 Å². The summed E-state index contributed by atoms with van der Waals surface area (Å²) in [4.78, 5) is 18.9. The molecule has 138 valence electrons. The maximum Gasteiger partial charge on any atom is 0.222 e. The van der Waals surface area contributed by atoms with Crippen molar-refractivity contribution >= 4 is 41.6 Å². The highest BCUT2D eigenvalue weighted by Crippen LogP contribution is 2.28. The van der Waals surface area contributed by atoms with Gasteiger partial charge in [0.15, 0.2) is 0 Å². The molecule has 2 aromatic rings. The van der Waals surface area contributed by atoms with Crippen molar-refractivity contribution in [1.29, 1.82) is 0 Å². The highest BCUT2D eigenvalue weighted by molar-refractivity contribution is 5.85. The van der Waals surface area contributed by atoms with Gasteiger partial charge < -0.3 is 10.6 Å². The number of nitrogens with two attached hydrogens (primary N) is 1. The van der Waals surface area contributed by atoms with Gasteiger partial charge in [-0.3, -0.25) is 9.78 Å². The first-order chi connectivity index (χ1) is 11.0. The predicted molar refractivity (Wildman–Crippen MR) is 108 cm³/mol. The Balaban J connectivity index is 0.00000156. The number of aryl methyl sites for hydroxylation is 1. The molecule has 1 aliphatic heterocycles. The molecule has 1 aromatic heterocycles. The lowest BCUT2D eigenvalue weighted by Crippen LogP contribution is -2.54. The molecule has 1 fully saturated rings. The normalized spacial score (nSPS) is 19.0. The largest absolute Gasteiger partial charge is 0.342 e. The van der Waals surface area contributed by atoms with Crippen LogP contribution < -0.4 is 5.73 Å². The molecule has 1 aromatic carbocycles. The fourth-order valence-electron chi connectivity index (χ4n) is 3.36. The number of rotatable bonds is 3. The quantitative estimate of drug-likeness (QED) is 0.880. The van der Waals surface area contributed by atoms with Gasteiger partial charge >= 0.3 is 0 Å². The van der Waals surface area contributed by atoms with Crippen LogP contribution in [0.15, 0.2) is 36.5 Å². The summed E-state index contributed by atoms with van der Waals surface area (Å²) in [6.07, 6.45) is 4.01. The molecule has 1 aliphatic rings. The minimum absolute atomic E-state index is 0. The van der Waals surface area contributed by atoms with Crippen LogP contribution >= 0.6 is 24.8 Å². The molecule has 0 saturated carbocycles. The van der Waals surface area contributed by atoms with E-state index in [-0.39, 0.29) is 42.2 Å². The van der Waals surface area contributed by atoms with Gasteiger partial charge in [-0.2, -0.15) is 0 Å². The monoisotopic (exact) mass is 383 g/mol. The number of aromatic nitrogens is 1. The number of para-hydroxylation sites is 1. The van der Waals surface area contributed by atoms with E-state index in [4.69, 9.17) is 5.73 Å². The molecular weight excluding hydrogens is 357 g/mol. The van der Waals surface area contributed by atoms with E-state index in [0.29, 0.717) is 6.42 Å². The Morgan fingerprint density at radius 1 is 1.28 bits per heavy atom. The maximum atomic E-state index is 12.6. The number of nitrogens with zero attached hydrogens (tertiary/aromatic N) is 2. The van der Waals surface area contributed by atoms with Gasteiger partial charge in [0.25, 0.3) is 0 Å². The van der Waals surface area contributed by atoms with Crippen molar-refractivity contribution in [3.05, 3.63) is 42.1 Å². The third-order valence-corrected chi connectivity index (χ3v) is 5.01. The highest BCUT2D eigenvalue weighted by Gasteiger charge is 2.35. The Bertz CT molecular complexity index is 715. The van der Waals surface area contributed by atoms with E-state index in [2.05, 4.69) is 24.9 Å². The van der Waals surface area contributed by atoms with Gasteiger partial charge in [-0.1, -0.05) is 32.0 Å². The zero-order valence-corrected chi connectivity index (χ0v) is 16.4. The smallest absolute Gasteiger partial charge is 0.222 e. The SMILES string of the molecule is CC1(C)CN(C(=O)CCc2ccnc3ccccc23)CCC1N.Cl.Cl. The maximum absolute atomic E-state index is 12.6. The van der Waals surface area contributed by atoms with E-state index in [1.165, 1.54) is 5.56 Å². The van der Waals surface area contributed by atoms with Crippen LogP contribution in [-0.4, -0.2) is 34.9 Å². The van der Waals surface area contributed by atoms with Crippen molar-refractivity contribution in [3.63, 3.8) is 0 Å². The molecule has 2 heterocycles. The van der Waals surface area contributed by atoms with E-state index in [0.717, 1.165) is 36.8 Å². The van der Waals surface area contributed by atoms with Crippen molar-refractivity contribution in [2.45, 2.75) is 39.2 Å². The molecule has 1 amide bonds. The van der Waals surface area contributed by atoms with Crippen LogP contribution in [-0.2, 0) is 11.2 Å². The van der Waals surface area contributed by atoms with Gasteiger partial charge in [-0.05, 0) is 36.0 Å². The molecule has 3 rings (SSSR count). The summed E-state index contributed by atoms with van der Waals surface area (Å²) in [5, 5.41) is 1.14. The summed E-state index contributed by atoms with van der Waals surface area (Å²) in [6.45, 7) is 5.82. The molecule has 0 radical (unpaired) electrons. The minimum atomic E-state index is -0.00270. The summed E-state index contributed by atoms with van der Waals surface area (Å²) < 4.78 is 0. The van der Waals surface area contributed by atoms with Gasteiger partial charge in [0.1, 0.15) is 0 Å². The zero-order valence-electron chi connectivity index (χ0n) is 14.8. The van der Waals surface area contributed by atoms with E-state index in [9.17, 15) is 4.79 Å². The topological polar surface area (TPSA) is 59.2 Å². The van der Waals surface area contributed by atoms with Crippen LogP contribution in [0.1, 0.15) is 32.3 Å². The molecule has 2 N–H and O–H groups in total. The fourth-order valence-corrected chi connectivity index (χ4v) is 3.36. The number of fused-ring (bicyclic) bond motifs is 1. The van der Waals surface area contributed by atoms with Gasteiger partial charge in [0.05, 0.1) is 5.52 Å². The standard InChI is InChI=1S/C19H25N3O.2ClH/c1-19(2)13-22(12-10-17(19)20)18(23)8-7-14-9-11-21-16-6-4-3-5-15(14)16;;/h3-6,9,11,17H,7-8,10,12-13,20H2,1-2H3;2*1H. The van der Waals surface area contributed by atoms with Crippen molar-refractivity contribution < 1.29 is 4.79 Å². The molecule has 4 nitrogen and oxygen atoms in total. The first-order valence-electron chi connectivity index (χ1n) is 8.33. The lowest BCUT2D eigenvalue weighted by molar-refractivity contribution is -0.134. The van der Waals surface area contributed by atoms with E-state index < -0.39 is 0 Å². The summed E-state index contributed by atoms with van der Waals surface area (Å²) in [6, 6.07) is 10.3. The molecular formula is C19H27Cl2N3O. The van der Waals surface area contributed by atoms with Gasteiger partial charge in [-0.25, -0.2) is 0 Å². The summed E-state index contributed by atoms with van der Waals surface area (Å²) in [5.74, 6) is 0.228. The van der Waals surface area contributed by atoms with Crippen LogP contribution in [0.5, 0.6) is 0 Å². The number of likely N-dealkylation sites (tertiary alicyclic amines) is 1. The summed E-state index contributed by atoms with van der Waals surface area (Å²) in [7, 11) is 0. The third kappa shape index (κ3) is 4.84. The molecule has 0 aliphatic carbocycles. The Kier molecular flexibility index (Phi) is 7.66. The molecule has 0 spiro atoms. The average Bonchev–Trinajstić information content (AvgIpc) is 2.55. The Morgan fingerprint density at radius 3 is 2.72 bits per heavy atom. The van der Waals surface area contributed by atoms with Crippen LogP contribution in [0, 0.1) is 5.41 Å². The van der Waals surface area contributed by atoms with E-state index in [1.54, 1.807) is 0 Å². The average molecular weight is 384 g/mol. The molecule has 1 saturated heterocycles. The van der Waals surface area contributed by atoms with Crippen LogP contribution in [0.3, 0.4) is 0 Å². The van der Waals surface area contributed by atoms with Gasteiger partial charge in [0, 0.05) is 37.1 Å². The second kappa shape index (κ2) is 8.84. The minimum Gasteiger partial charge on any atom is -0.342 e. The Labute approximate surface area is 162 Å². The lowest BCUT2D eigenvalue weighted by atomic mass is 9.79. The van der Waals surface area contributed by atoms with Crippen LogP contribution in [0.2, 0.25) is 0 Å². The van der Waals surface area contributed by atoms with Crippen LogP contribution in [0.25, 0.3) is 10.9 Å². The van der Waals surface area contributed by atoms with Gasteiger partial charge in [0.2, 0.25) is 5.91 Å². The Hall–Kier alpha value is -1.36. The summed E-state index contributed by atoms with van der Waals surface area (Å²) in [5.41, 5.74) is 8.33. The molecule has 25 heavy (non-hydrogen) atoms. The second-order valence-electron chi connectivity index (χ2n) is 7.19. The molecule has 1 atom stereocenters. The first-order valence-corrected chi connectivity index (χ1v) is 8.33. The lowest BCUT2D eigenvalue weighted by Gasteiger charge is -2.42. The van der Waals surface area contributed by atoms with E-state index in [1.807, 2.05) is 35.4 Å². The number of amides is 1. The molecule has 0 bridgehead atoms. The van der Waals surface area contributed by atoms with Crippen molar-refractivity contribution in [1.82, 2.24) is 9.88 Å². The van der Waals surface area contributed by atoms with E-state index >= 15 is 0 Å². The zero-order chi connectivity index (χ0) is 16.4. The summed E-state index contributed by atoms with van der Waals surface area (Å²) >= 11 is 0. The number of benzene rings is 1. The fraction of sp³-hybridized carbons (Fsp3) is 0.474. The second-order valence-corrected chi connectivity index (χ2v) is 7.19. The number of hydrogen-bond donors (Lipinski definition) is 1. The third-order valence-electron chi connectivity index (χ3n) is 5.01. The number of hydrogen-bond acceptors (Lipinski definition) is 3. The molecule has 6 heteroatoms. The van der Waals surface area contributed by atoms with Gasteiger partial charge in [-0.15, -0.1) is 24.8 Å². The first kappa shape index (κ1) is 21.7. The Morgan fingerprint density at radius 2 is 2.00 bits per heavy atom. The molecule has 1 unspecified atom stereocenters. The number of halogens is 2. The number of carbonyl (C=O) groups excluding carboxylic acids is 1. The predicted octanol–water partition coefficient (Wildman–Crippen LogP) is 3.60. The number of pyridine rings is 1. The van der Waals surface area contributed by atoms with Crippen molar-refractivity contribution in [3.8, 4) is 0 Å². The van der Waals surface area contributed by atoms with Crippen molar-refractivity contribution in [2.75, 3.05) is 13.1 Å².